The first kappa shape index (κ1) is 15.9. The van der Waals surface area contributed by atoms with Crippen LogP contribution in [0, 0.1) is 12.7 Å². The number of hydrogen-bond acceptors (Lipinski definition) is 1. The van der Waals surface area contributed by atoms with Crippen molar-refractivity contribution in [3.05, 3.63) is 47.8 Å². The van der Waals surface area contributed by atoms with Crippen molar-refractivity contribution in [1.29, 1.82) is 0 Å². The summed E-state index contributed by atoms with van der Waals surface area (Å²) < 4.78 is 13.9. The van der Waals surface area contributed by atoms with Crippen molar-refractivity contribution < 1.29 is 4.39 Å². The van der Waals surface area contributed by atoms with E-state index < -0.39 is 0 Å². The van der Waals surface area contributed by atoms with Crippen molar-refractivity contribution in [3.8, 4) is 0 Å². The molecule has 0 aliphatic heterocycles. The fourth-order valence-electron chi connectivity index (χ4n) is 2.36. The molecular weight excluding hydrogens is 237 g/mol. The molecular formula is C17H26FN. The molecule has 1 unspecified atom stereocenters. The molecule has 1 aromatic rings. The lowest BCUT2D eigenvalue weighted by Crippen LogP contribution is -2.22. The molecule has 0 fully saturated rings. The van der Waals surface area contributed by atoms with Crippen LogP contribution in [-0.2, 0) is 0 Å². The second-order valence-electron chi connectivity index (χ2n) is 5.06. The van der Waals surface area contributed by atoms with Crippen molar-refractivity contribution in [1.82, 2.24) is 5.32 Å². The minimum absolute atomic E-state index is 0.0948. The van der Waals surface area contributed by atoms with Gasteiger partial charge < -0.3 is 5.32 Å². The van der Waals surface area contributed by atoms with Crippen LogP contribution in [-0.4, -0.2) is 6.54 Å². The van der Waals surface area contributed by atoms with E-state index in [1.807, 2.05) is 25.1 Å². The van der Waals surface area contributed by atoms with Crippen molar-refractivity contribution in [2.75, 3.05) is 6.54 Å². The largest absolute Gasteiger partial charge is 0.310 e. The zero-order valence-electron chi connectivity index (χ0n) is 12.2. The number of allylic oxidation sites excluding steroid dienone is 1. The molecule has 2 heteroatoms. The van der Waals surface area contributed by atoms with Gasteiger partial charge in [-0.1, -0.05) is 43.5 Å². The lowest BCUT2D eigenvalue weighted by Gasteiger charge is -2.19. The molecule has 0 heterocycles. The van der Waals surface area contributed by atoms with Gasteiger partial charge in [-0.25, -0.2) is 4.39 Å². The van der Waals surface area contributed by atoms with Gasteiger partial charge in [0.05, 0.1) is 0 Å². The Morgan fingerprint density at radius 1 is 1.32 bits per heavy atom. The molecule has 19 heavy (non-hydrogen) atoms. The van der Waals surface area contributed by atoms with Gasteiger partial charge in [0, 0.05) is 11.6 Å². The summed E-state index contributed by atoms with van der Waals surface area (Å²) in [5, 5.41) is 3.40. The van der Waals surface area contributed by atoms with E-state index in [1.165, 1.54) is 12.8 Å². The summed E-state index contributed by atoms with van der Waals surface area (Å²) in [6.07, 6.45) is 7.51. The number of hydrogen-bond donors (Lipinski definition) is 1. The van der Waals surface area contributed by atoms with Crippen molar-refractivity contribution >= 4 is 0 Å². The Balaban J connectivity index is 2.60. The van der Waals surface area contributed by atoms with E-state index >= 15 is 0 Å². The maximum absolute atomic E-state index is 13.9. The molecule has 0 radical (unpaired) electrons. The average Bonchev–Trinajstić information content (AvgIpc) is 2.40. The molecule has 1 aromatic carbocycles. The topological polar surface area (TPSA) is 12.0 Å². The molecule has 0 aromatic heterocycles. The van der Waals surface area contributed by atoms with Crippen LogP contribution in [0.3, 0.4) is 0 Å². The van der Waals surface area contributed by atoms with Crippen LogP contribution in [0.4, 0.5) is 4.39 Å². The number of nitrogens with one attached hydrogen (secondary N) is 1. The Hall–Kier alpha value is -1.15. The Kier molecular flexibility index (Phi) is 7.42. The van der Waals surface area contributed by atoms with E-state index in [0.29, 0.717) is 0 Å². The van der Waals surface area contributed by atoms with Gasteiger partial charge >= 0.3 is 0 Å². The van der Waals surface area contributed by atoms with Gasteiger partial charge in [-0.15, -0.1) is 6.58 Å². The summed E-state index contributed by atoms with van der Waals surface area (Å²) in [6.45, 7) is 8.67. The van der Waals surface area contributed by atoms with Gasteiger partial charge in [-0.05, 0) is 38.8 Å². The van der Waals surface area contributed by atoms with Crippen LogP contribution in [0.1, 0.15) is 56.2 Å². The predicted octanol–water partition coefficient (Wildman–Crippen LogP) is 4.92. The highest BCUT2D eigenvalue weighted by Gasteiger charge is 2.14. The van der Waals surface area contributed by atoms with Gasteiger partial charge in [0.25, 0.3) is 0 Å². The minimum Gasteiger partial charge on any atom is -0.310 e. The van der Waals surface area contributed by atoms with E-state index in [4.69, 9.17) is 0 Å². The maximum atomic E-state index is 13.9. The molecule has 0 saturated heterocycles. The number of halogens is 1. The summed E-state index contributed by atoms with van der Waals surface area (Å²) in [5.41, 5.74) is 1.93. The first-order valence-electron chi connectivity index (χ1n) is 7.29. The third-order valence-electron chi connectivity index (χ3n) is 3.38. The molecule has 0 amide bonds. The smallest absolute Gasteiger partial charge is 0.127 e. The minimum atomic E-state index is -0.0948. The third-order valence-corrected chi connectivity index (χ3v) is 3.38. The van der Waals surface area contributed by atoms with Crippen LogP contribution in [0.2, 0.25) is 0 Å². The van der Waals surface area contributed by atoms with Gasteiger partial charge in [0.15, 0.2) is 0 Å². The maximum Gasteiger partial charge on any atom is 0.127 e. The Morgan fingerprint density at radius 3 is 2.79 bits per heavy atom. The van der Waals surface area contributed by atoms with E-state index in [2.05, 4.69) is 18.8 Å². The average molecular weight is 263 g/mol. The SMILES string of the molecule is C=CCCCCCC(NCC)c1cc(C)ccc1F. The Bertz CT molecular complexity index is 387. The summed E-state index contributed by atoms with van der Waals surface area (Å²) >= 11 is 0. The van der Waals surface area contributed by atoms with Crippen LogP contribution in [0.15, 0.2) is 30.9 Å². The quantitative estimate of drug-likeness (QED) is 0.492. The van der Waals surface area contributed by atoms with E-state index in [-0.39, 0.29) is 11.9 Å². The second-order valence-corrected chi connectivity index (χ2v) is 5.06. The first-order valence-corrected chi connectivity index (χ1v) is 7.29. The molecule has 0 spiro atoms. The zero-order valence-corrected chi connectivity index (χ0v) is 12.2. The summed E-state index contributed by atoms with van der Waals surface area (Å²) in [5.74, 6) is -0.0948. The monoisotopic (exact) mass is 263 g/mol. The van der Waals surface area contributed by atoms with E-state index in [0.717, 1.165) is 36.9 Å². The van der Waals surface area contributed by atoms with Crippen LogP contribution in [0.5, 0.6) is 0 Å². The first-order chi connectivity index (χ1) is 9.19. The van der Waals surface area contributed by atoms with Crippen LogP contribution < -0.4 is 5.32 Å². The molecule has 0 bridgehead atoms. The summed E-state index contributed by atoms with van der Waals surface area (Å²) in [7, 11) is 0. The molecule has 1 nitrogen and oxygen atoms in total. The lowest BCUT2D eigenvalue weighted by molar-refractivity contribution is 0.462. The van der Waals surface area contributed by atoms with Gasteiger partial charge in [-0.3, -0.25) is 0 Å². The predicted molar refractivity (Wildman–Crippen MR) is 80.8 cm³/mol. The van der Waals surface area contributed by atoms with Gasteiger partial charge in [0.1, 0.15) is 5.82 Å². The molecule has 0 saturated carbocycles. The number of benzene rings is 1. The van der Waals surface area contributed by atoms with E-state index in [1.54, 1.807) is 6.07 Å². The van der Waals surface area contributed by atoms with Gasteiger partial charge in [0.2, 0.25) is 0 Å². The fourth-order valence-corrected chi connectivity index (χ4v) is 2.36. The summed E-state index contributed by atoms with van der Waals surface area (Å²) in [6, 6.07) is 5.50. The second kappa shape index (κ2) is 8.87. The number of aryl methyl sites for hydroxylation is 1. The lowest BCUT2D eigenvalue weighted by atomic mass is 9.98. The molecule has 106 valence electrons. The highest BCUT2D eigenvalue weighted by Crippen LogP contribution is 2.24. The Morgan fingerprint density at radius 2 is 2.11 bits per heavy atom. The highest BCUT2D eigenvalue weighted by atomic mass is 19.1. The highest BCUT2D eigenvalue weighted by molar-refractivity contribution is 5.26. The Labute approximate surface area is 116 Å². The van der Waals surface area contributed by atoms with Crippen LogP contribution >= 0.6 is 0 Å². The molecule has 0 aliphatic rings. The number of rotatable bonds is 9. The van der Waals surface area contributed by atoms with E-state index in [9.17, 15) is 4.39 Å². The third kappa shape index (κ3) is 5.56. The fraction of sp³-hybridized carbons (Fsp3) is 0.529. The summed E-state index contributed by atoms with van der Waals surface area (Å²) in [4.78, 5) is 0. The molecule has 0 aliphatic carbocycles. The standard InChI is InChI=1S/C17H26FN/c1-4-6-7-8-9-10-17(19-5-2)15-13-14(3)11-12-16(15)18/h4,11-13,17,19H,1,5-10H2,2-3H3. The molecule has 1 rings (SSSR count). The normalized spacial score (nSPS) is 12.4. The van der Waals surface area contributed by atoms with Gasteiger partial charge in [-0.2, -0.15) is 0 Å². The van der Waals surface area contributed by atoms with Crippen molar-refractivity contribution in [3.63, 3.8) is 0 Å². The number of unbranched alkanes of at least 4 members (excludes halogenated alkanes) is 3. The van der Waals surface area contributed by atoms with Crippen molar-refractivity contribution in [2.24, 2.45) is 0 Å². The molecule has 1 atom stereocenters. The van der Waals surface area contributed by atoms with Crippen LogP contribution in [0.25, 0.3) is 0 Å². The molecule has 1 N–H and O–H groups in total. The van der Waals surface area contributed by atoms with Crippen molar-refractivity contribution in [2.45, 2.75) is 52.0 Å². The zero-order chi connectivity index (χ0) is 14.1.